The average molecular weight is 233 g/mol. The highest BCUT2D eigenvalue weighted by molar-refractivity contribution is 5.38. The Morgan fingerprint density at radius 3 is 2.59 bits per heavy atom. The Labute approximate surface area is 104 Å². The Balaban J connectivity index is 1.82. The van der Waals surface area contributed by atoms with Crippen LogP contribution in [-0.4, -0.2) is 42.6 Å². The second kappa shape index (κ2) is 6.01. The van der Waals surface area contributed by atoms with Crippen LogP contribution in [0.2, 0.25) is 0 Å². The molecule has 17 heavy (non-hydrogen) atoms. The lowest BCUT2D eigenvalue weighted by atomic mass is 10.1. The van der Waals surface area contributed by atoms with Crippen molar-refractivity contribution in [2.45, 2.75) is 20.3 Å². The van der Waals surface area contributed by atoms with Crippen LogP contribution in [0, 0.1) is 5.92 Å². The van der Waals surface area contributed by atoms with Gasteiger partial charge in [-0.05, 0) is 18.1 Å². The zero-order valence-corrected chi connectivity index (χ0v) is 11.0. The molecule has 1 aromatic heterocycles. The molecule has 1 saturated heterocycles. The van der Waals surface area contributed by atoms with Crippen LogP contribution in [0.15, 0.2) is 24.4 Å². The van der Waals surface area contributed by atoms with E-state index in [1.54, 1.807) is 0 Å². The number of rotatable bonds is 4. The number of aromatic nitrogens is 1. The number of anilines is 1. The maximum absolute atomic E-state index is 4.41. The number of hydrogen-bond donors (Lipinski definition) is 0. The van der Waals surface area contributed by atoms with Crippen molar-refractivity contribution >= 4 is 5.82 Å². The first kappa shape index (κ1) is 12.4. The van der Waals surface area contributed by atoms with Gasteiger partial charge in [-0.2, -0.15) is 0 Å². The lowest BCUT2D eigenvalue weighted by molar-refractivity contribution is 0.222. The van der Waals surface area contributed by atoms with Gasteiger partial charge < -0.3 is 4.90 Å². The van der Waals surface area contributed by atoms with Gasteiger partial charge in [-0.3, -0.25) is 4.90 Å². The molecule has 1 atom stereocenters. The van der Waals surface area contributed by atoms with E-state index >= 15 is 0 Å². The number of hydrogen-bond acceptors (Lipinski definition) is 3. The molecular weight excluding hydrogens is 210 g/mol. The lowest BCUT2D eigenvalue weighted by Crippen LogP contribution is -2.47. The standard InChI is InChI=1S/C14H23N3/c1-3-13(2)12-16-8-10-17(11-9-16)14-6-4-5-7-15-14/h4-7,13H,3,8-12H2,1-2H3/t13-/m0/s1. The molecule has 0 spiro atoms. The topological polar surface area (TPSA) is 19.4 Å². The maximum atomic E-state index is 4.41. The summed E-state index contributed by atoms with van der Waals surface area (Å²) in [7, 11) is 0. The molecule has 1 aliphatic heterocycles. The van der Waals surface area contributed by atoms with Crippen molar-refractivity contribution in [3.8, 4) is 0 Å². The van der Waals surface area contributed by atoms with Gasteiger partial charge in [0, 0.05) is 38.9 Å². The third-order valence-electron chi connectivity index (χ3n) is 3.61. The minimum atomic E-state index is 0.816. The summed E-state index contributed by atoms with van der Waals surface area (Å²) in [5, 5.41) is 0. The van der Waals surface area contributed by atoms with Crippen LogP contribution in [0.5, 0.6) is 0 Å². The summed E-state index contributed by atoms with van der Waals surface area (Å²) < 4.78 is 0. The van der Waals surface area contributed by atoms with E-state index in [1.807, 2.05) is 12.3 Å². The Kier molecular flexibility index (Phi) is 4.37. The lowest BCUT2D eigenvalue weighted by Gasteiger charge is -2.36. The van der Waals surface area contributed by atoms with Gasteiger partial charge in [-0.25, -0.2) is 4.98 Å². The molecule has 0 unspecified atom stereocenters. The second-order valence-corrected chi connectivity index (χ2v) is 4.99. The molecule has 0 aliphatic carbocycles. The van der Waals surface area contributed by atoms with Crippen molar-refractivity contribution in [1.29, 1.82) is 0 Å². The molecular formula is C14H23N3. The average Bonchev–Trinajstić information content (AvgIpc) is 2.40. The number of piperazine rings is 1. The highest BCUT2D eigenvalue weighted by Gasteiger charge is 2.18. The van der Waals surface area contributed by atoms with Gasteiger partial charge in [0.05, 0.1) is 0 Å². The van der Waals surface area contributed by atoms with Crippen LogP contribution in [-0.2, 0) is 0 Å². The summed E-state index contributed by atoms with van der Waals surface area (Å²) in [5.41, 5.74) is 0. The Morgan fingerprint density at radius 2 is 2.00 bits per heavy atom. The van der Waals surface area contributed by atoms with Crippen LogP contribution < -0.4 is 4.90 Å². The first-order valence-electron chi connectivity index (χ1n) is 6.68. The van der Waals surface area contributed by atoms with E-state index in [2.05, 4.69) is 40.8 Å². The first-order valence-corrected chi connectivity index (χ1v) is 6.68. The van der Waals surface area contributed by atoms with E-state index in [0.717, 1.165) is 24.8 Å². The summed E-state index contributed by atoms with van der Waals surface area (Å²) in [5.74, 6) is 1.94. The molecule has 3 heteroatoms. The van der Waals surface area contributed by atoms with Gasteiger partial charge in [0.15, 0.2) is 0 Å². The summed E-state index contributed by atoms with van der Waals surface area (Å²) in [4.78, 5) is 9.37. The van der Waals surface area contributed by atoms with Gasteiger partial charge in [-0.15, -0.1) is 0 Å². The fraction of sp³-hybridized carbons (Fsp3) is 0.643. The molecule has 1 aromatic rings. The van der Waals surface area contributed by atoms with Crippen LogP contribution in [0.25, 0.3) is 0 Å². The molecule has 94 valence electrons. The van der Waals surface area contributed by atoms with E-state index < -0.39 is 0 Å². The van der Waals surface area contributed by atoms with Gasteiger partial charge in [-0.1, -0.05) is 26.3 Å². The molecule has 3 nitrogen and oxygen atoms in total. The van der Waals surface area contributed by atoms with E-state index in [1.165, 1.54) is 26.1 Å². The minimum absolute atomic E-state index is 0.816. The highest BCUT2D eigenvalue weighted by atomic mass is 15.3. The van der Waals surface area contributed by atoms with E-state index in [9.17, 15) is 0 Å². The van der Waals surface area contributed by atoms with E-state index in [0.29, 0.717) is 0 Å². The van der Waals surface area contributed by atoms with E-state index in [4.69, 9.17) is 0 Å². The second-order valence-electron chi connectivity index (χ2n) is 4.99. The molecule has 2 heterocycles. The zero-order valence-electron chi connectivity index (χ0n) is 11.0. The number of pyridine rings is 1. The summed E-state index contributed by atoms with van der Waals surface area (Å²) in [6.45, 7) is 10.4. The first-order chi connectivity index (χ1) is 8.29. The maximum Gasteiger partial charge on any atom is 0.128 e. The Bertz CT molecular complexity index is 317. The minimum Gasteiger partial charge on any atom is -0.354 e. The smallest absolute Gasteiger partial charge is 0.128 e. The quantitative estimate of drug-likeness (QED) is 0.795. The molecule has 0 aromatic carbocycles. The fourth-order valence-electron chi connectivity index (χ4n) is 2.27. The van der Waals surface area contributed by atoms with Crippen molar-refractivity contribution in [3.63, 3.8) is 0 Å². The zero-order chi connectivity index (χ0) is 12.1. The molecule has 0 amide bonds. The van der Waals surface area contributed by atoms with Crippen LogP contribution in [0.4, 0.5) is 5.82 Å². The van der Waals surface area contributed by atoms with Gasteiger partial charge in [0.25, 0.3) is 0 Å². The SMILES string of the molecule is CC[C@H](C)CN1CCN(c2ccccn2)CC1. The molecule has 0 bridgehead atoms. The Hall–Kier alpha value is -1.09. The summed E-state index contributed by atoms with van der Waals surface area (Å²) >= 11 is 0. The largest absolute Gasteiger partial charge is 0.354 e. The van der Waals surface area contributed by atoms with Crippen molar-refractivity contribution < 1.29 is 0 Å². The van der Waals surface area contributed by atoms with Crippen LogP contribution >= 0.6 is 0 Å². The van der Waals surface area contributed by atoms with Crippen molar-refractivity contribution in [2.75, 3.05) is 37.6 Å². The molecule has 0 radical (unpaired) electrons. The molecule has 0 N–H and O–H groups in total. The third-order valence-corrected chi connectivity index (χ3v) is 3.61. The normalized spacial score (nSPS) is 19.3. The van der Waals surface area contributed by atoms with Crippen molar-refractivity contribution in [2.24, 2.45) is 5.92 Å². The van der Waals surface area contributed by atoms with Crippen LogP contribution in [0.3, 0.4) is 0 Å². The van der Waals surface area contributed by atoms with E-state index in [-0.39, 0.29) is 0 Å². The van der Waals surface area contributed by atoms with Gasteiger partial charge in [0.1, 0.15) is 5.82 Å². The fourth-order valence-corrected chi connectivity index (χ4v) is 2.27. The van der Waals surface area contributed by atoms with Gasteiger partial charge in [0.2, 0.25) is 0 Å². The number of nitrogens with zero attached hydrogens (tertiary/aromatic N) is 3. The summed E-state index contributed by atoms with van der Waals surface area (Å²) in [6, 6.07) is 6.14. The van der Waals surface area contributed by atoms with Gasteiger partial charge >= 0.3 is 0 Å². The van der Waals surface area contributed by atoms with Crippen LogP contribution in [0.1, 0.15) is 20.3 Å². The molecule has 1 aliphatic rings. The van der Waals surface area contributed by atoms with Crippen molar-refractivity contribution in [3.05, 3.63) is 24.4 Å². The molecule has 1 fully saturated rings. The van der Waals surface area contributed by atoms with Crippen molar-refractivity contribution in [1.82, 2.24) is 9.88 Å². The summed E-state index contributed by atoms with van der Waals surface area (Å²) in [6.07, 6.45) is 3.15. The Morgan fingerprint density at radius 1 is 1.24 bits per heavy atom. The predicted octanol–water partition coefficient (Wildman–Crippen LogP) is 2.25. The molecule has 0 saturated carbocycles. The third kappa shape index (κ3) is 3.43. The molecule has 2 rings (SSSR count). The predicted molar refractivity (Wildman–Crippen MR) is 72.3 cm³/mol. The monoisotopic (exact) mass is 233 g/mol. The highest BCUT2D eigenvalue weighted by Crippen LogP contribution is 2.13.